The number of aliphatic hydroxyl groups excluding tert-OH is 1. The summed E-state index contributed by atoms with van der Waals surface area (Å²) in [6.07, 6.45) is 9.54. The van der Waals surface area contributed by atoms with E-state index in [4.69, 9.17) is 9.84 Å². The van der Waals surface area contributed by atoms with Crippen LogP contribution in [0.3, 0.4) is 0 Å². The number of rotatable bonds is 16. The molecule has 0 spiro atoms. The van der Waals surface area contributed by atoms with Gasteiger partial charge in [-0.25, -0.2) is 0 Å². The third-order valence-corrected chi connectivity index (χ3v) is 3.70. The first-order chi connectivity index (χ1) is 12.9. The summed E-state index contributed by atoms with van der Waals surface area (Å²) in [5.41, 5.74) is 0.977. The predicted octanol–water partition coefficient (Wildman–Crippen LogP) is 3.54. The molecule has 0 aliphatic carbocycles. The molecule has 0 fully saturated rings. The monoisotopic (exact) mass is 389 g/mol. The zero-order valence-electron chi connectivity index (χ0n) is 18.3. The maximum atomic E-state index is 10.1. The minimum absolute atomic E-state index is 0.331. The van der Waals surface area contributed by atoms with Gasteiger partial charge in [0.1, 0.15) is 6.29 Å². The van der Waals surface area contributed by atoms with E-state index in [9.17, 15) is 4.79 Å². The third kappa shape index (κ3) is 36.7. The molecule has 0 unspecified atom stereocenters. The summed E-state index contributed by atoms with van der Waals surface area (Å²) in [4.78, 5) is 10.1. The first-order valence-corrected chi connectivity index (χ1v) is 10.3. The lowest BCUT2D eigenvalue weighted by atomic mass is 10.1. The van der Waals surface area contributed by atoms with Gasteiger partial charge >= 0.3 is 0 Å². The lowest BCUT2D eigenvalue weighted by Gasteiger charge is -2.11. The van der Waals surface area contributed by atoms with E-state index >= 15 is 0 Å². The van der Waals surface area contributed by atoms with Gasteiger partial charge in [0.25, 0.3) is 0 Å². The Bertz CT molecular complexity index is 298. The molecule has 164 valence electrons. The molecule has 6 heteroatoms. The minimum atomic E-state index is 0.331. The van der Waals surface area contributed by atoms with E-state index in [1.165, 1.54) is 12.8 Å². The van der Waals surface area contributed by atoms with Gasteiger partial charge in [-0.15, -0.1) is 0 Å². The highest BCUT2D eigenvalue weighted by Gasteiger charge is 1.97. The number of unbranched alkanes of at least 4 members (excludes halogenated alkanes) is 5. The van der Waals surface area contributed by atoms with Crippen molar-refractivity contribution in [3.8, 4) is 0 Å². The smallest absolute Gasteiger partial charge is 0.119 e. The first-order valence-electron chi connectivity index (χ1n) is 10.3. The minimum Gasteiger partial charge on any atom is -0.396 e. The molecule has 0 aromatic rings. The highest BCUT2D eigenvalue weighted by Crippen LogP contribution is 2.04. The lowest BCUT2D eigenvalue weighted by molar-refractivity contribution is -0.107. The van der Waals surface area contributed by atoms with E-state index < -0.39 is 0 Å². The number of hydrogen-bond donors (Lipinski definition) is 4. The van der Waals surface area contributed by atoms with Crippen LogP contribution >= 0.6 is 0 Å². The fourth-order valence-corrected chi connectivity index (χ4v) is 1.97. The average Bonchev–Trinajstić information content (AvgIpc) is 2.63. The quantitative estimate of drug-likeness (QED) is 0.139. The number of carbonyl (C=O) groups excluding carboxylic acids is 1. The van der Waals surface area contributed by atoms with E-state index in [2.05, 4.69) is 51.3 Å². The van der Waals surface area contributed by atoms with Gasteiger partial charge in [0.05, 0.1) is 6.61 Å². The molecule has 0 aromatic heterocycles. The largest absolute Gasteiger partial charge is 0.396 e. The summed E-state index contributed by atoms with van der Waals surface area (Å²) < 4.78 is 5.53. The standard InChI is InChI=1S/C16H31NO2.C5H12O.H4N2/c1-15(2)10-13-19-14-16(3)17-11-8-6-4-5-7-9-12-18;1-5(2)3-4-6;1-2/h12,15,17H,3-11,13-14H2,1-2H3;5-6H,3-4H2,1-2H3;1-2H2. The maximum absolute atomic E-state index is 10.1. The van der Waals surface area contributed by atoms with Crippen molar-refractivity contribution in [2.75, 3.05) is 26.4 Å². The van der Waals surface area contributed by atoms with Gasteiger partial charge in [-0.1, -0.05) is 53.5 Å². The first kappa shape index (κ1) is 30.8. The van der Waals surface area contributed by atoms with Crippen LogP contribution in [0.25, 0.3) is 0 Å². The summed E-state index contributed by atoms with van der Waals surface area (Å²) in [5.74, 6) is 9.34. The molecule has 0 radical (unpaired) electrons. The van der Waals surface area contributed by atoms with Gasteiger partial charge in [-0.05, 0) is 37.5 Å². The normalized spacial score (nSPS) is 9.96. The molecule has 0 aliphatic rings. The second-order valence-corrected chi connectivity index (χ2v) is 7.39. The molecular weight excluding hydrogens is 342 g/mol. The molecule has 0 rings (SSSR count). The second kappa shape index (κ2) is 27.3. The van der Waals surface area contributed by atoms with Crippen LogP contribution in [0.4, 0.5) is 0 Å². The molecular formula is C21H47N3O3. The van der Waals surface area contributed by atoms with Gasteiger partial charge in [-0.3, -0.25) is 11.7 Å². The number of hydrazine groups is 1. The number of ether oxygens (including phenoxy) is 1. The molecule has 0 aromatic carbocycles. The molecule has 0 atom stereocenters. The Morgan fingerprint density at radius 2 is 1.59 bits per heavy atom. The van der Waals surface area contributed by atoms with Crippen molar-refractivity contribution >= 4 is 6.29 Å². The van der Waals surface area contributed by atoms with Gasteiger partial charge in [0.2, 0.25) is 0 Å². The van der Waals surface area contributed by atoms with Gasteiger partial charge in [-0.2, -0.15) is 0 Å². The zero-order valence-corrected chi connectivity index (χ0v) is 18.3. The van der Waals surface area contributed by atoms with Crippen LogP contribution in [-0.4, -0.2) is 37.8 Å². The van der Waals surface area contributed by atoms with Crippen molar-refractivity contribution in [3.63, 3.8) is 0 Å². The summed E-state index contributed by atoms with van der Waals surface area (Å²) in [6, 6.07) is 0. The topological polar surface area (TPSA) is 111 Å². The van der Waals surface area contributed by atoms with E-state index in [0.717, 1.165) is 57.2 Å². The fourth-order valence-electron chi connectivity index (χ4n) is 1.97. The fraction of sp³-hybridized carbons (Fsp3) is 0.857. The van der Waals surface area contributed by atoms with Crippen LogP contribution in [0.1, 0.15) is 79.1 Å². The van der Waals surface area contributed by atoms with E-state index in [-0.39, 0.29) is 0 Å². The molecule has 6 nitrogen and oxygen atoms in total. The van der Waals surface area contributed by atoms with Crippen LogP contribution in [0.2, 0.25) is 0 Å². The van der Waals surface area contributed by atoms with E-state index in [1.807, 2.05) is 0 Å². The number of nitrogens with two attached hydrogens (primary N) is 2. The van der Waals surface area contributed by atoms with Crippen LogP contribution in [0, 0.1) is 11.8 Å². The van der Waals surface area contributed by atoms with Crippen LogP contribution in [0.5, 0.6) is 0 Å². The summed E-state index contributed by atoms with van der Waals surface area (Å²) in [5, 5.41) is 11.5. The van der Waals surface area contributed by atoms with Crippen molar-refractivity contribution < 1.29 is 14.6 Å². The van der Waals surface area contributed by atoms with Crippen LogP contribution in [0.15, 0.2) is 12.3 Å². The van der Waals surface area contributed by atoms with Crippen molar-refractivity contribution in [1.29, 1.82) is 0 Å². The summed E-state index contributed by atoms with van der Waals surface area (Å²) in [7, 11) is 0. The molecule has 0 amide bonds. The van der Waals surface area contributed by atoms with Crippen molar-refractivity contribution in [1.82, 2.24) is 5.32 Å². The number of nitrogens with one attached hydrogen (secondary N) is 1. The molecule has 0 bridgehead atoms. The van der Waals surface area contributed by atoms with Gasteiger partial charge in [0, 0.05) is 31.9 Å². The average molecular weight is 390 g/mol. The van der Waals surface area contributed by atoms with Crippen molar-refractivity contribution in [2.45, 2.75) is 79.1 Å². The van der Waals surface area contributed by atoms with Crippen molar-refractivity contribution in [2.24, 2.45) is 23.5 Å². The lowest BCUT2D eigenvalue weighted by Crippen LogP contribution is -2.18. The Kier molecular flexibility index (Phi) is 31.1. The summed E-state index contributed by atoms with van der Waals surface area (Å²) in [6.45, 7) is 15.3. The maximum Gasteiger partial charge on any atom is 0.119 e. The Labute approximate surface area is 168 Å². The second-order valence-electron chi connectivity index (χ2n) is 7.39. The number of carbonyl (C=O) groups is 1. The summed E-state index contributed by atoms with van der Waals surface area (Å²) >= 11 is 0. The highest BCUT2D eigenvalue weighted by molar-refractivity contribution is 5.48. The van der Waals surface area contributed by atoms with Gasteiger partial charge in [0.15, 0.2) is 0 Å². The van der Waals surface area contributed by atoms with Gasteiger partial charge < -0.3 is 20.0 Å². The third-order valence-electron chi connectivity index (χ3n) is 3.70. The molecule has 0 saturated carbocycles. The predicted molar refractivity (Wildman–Crippen MR) is 116 cm³/mol. The zero-order chi connectivity index (χ0) is 21.3. The van der Waals surface area contributed by atoms with Crippen LogP contribution < -0.4 is 17.0 Å². The van der Waals surface area contributed by atoms with E-state index in [1.54, 1.807) is 0 Å². The van der Waals surface area contributed by atoms with E-state index in [0.29, 0.717) is 31.5 Å². The molecule has 6 N–H and O–H groups in total. The number of aliphatic hydroxyl groups is 1. The Morgan fingerprint density at radius 3 is 2.07 bits per heavy atom. The Hall–Kier alpha value is -0.950. The number of aldehydes is 1. The Morgan fingerprint density at radius 1 is 1.04 bits per heavy atom. The number of hydrogen-bond acceptors (Lipinski definition) is 6. The molecule has 0 heterocycles. The Balaban J connectivity index is -0.000000607. The van der Waals surface area contributed by atoms with Crippen molar-refractivity contribution in [3.05, 3.63) is 12.3 Å². The molecule has 0 aliphatic heterocycles. The van der Waals surface area contributed by atoms with Crippen LogP contribution in [-0.2, 0) is 9.53 Å². The molecule has 0 saturated heterocycles. The molecule has 27 heavy (non-hydrogen) atoms. The highest BCUT2D eigenvalue weighted by atomic mass is 16.5. The SMILES string of the molecule is C=C(COCCC(C)C)NCCCCCCCC=O.CC(C)CCO.NN.